The highest BCUT2D eigenvalue weighted by Gasteiger charge is 2.14. The maximum atomic E-state index is 12.2. The van der Waals surface area contributed by atoms with Crippen molar-refractivity contribution < 1.29 is 14.3 Å². The van der Waals surface area contributed by atoms with Crippen LogP contribution in [0.15, 0.2) is 48.5 Å². The molecule has 5 nitrogen and oxygen atoms in total. The third kappa shape index (κ3) is 5.00. The van der Waals surface area contributed by atoms with E-state index >= 15 is 0 Å². The van der Waals surface area contributed by atoms with Gasteiger partial charge in [-0.05, 0) is 30.7 Å². The van der Waals surface area contributed by atoms with Crippen molar-refractivity contribution in [2.45, 2.75) is 19.8 Å². The zero-order valence-corrected chi connectivity index (χ0v) is 13.6. The predicted octanol–water partition coefficient (Wildman–Crippen LogP) is 3.65. The number of nitrogen functional groups attached to an aromatic ring is 1. The number of esters is 1. The highest BCUT2D eigenvalue weighted by atomic mass is 35.5. The van der Waals surface area contributed by atoms with E-state index in [9.17, 15) is 9.59 Å². The number of nitrogens with one attached hydrogen (secondary N) is 1. The molecule has 2 aromatic rings. The molecule has 0 aromatic heterocycles. The molecule has 6 heteroatoms. The maximum absolute atomic E-state index is 12.2. The number of para-hydroxylation sites is 1. The number of hydrogen-bond donors (Lipinski definition) is 2. The molecule has 0 heterocycles. The summed E-state index contributed by atoms with van der Waals surface area (Å²) in [7, 11) is 0. The Hall–Kier alpha value is -2.53. The minimum absolute atomic E-state index is 0. The van der Waals surface area contributed by atoms with Crippen LogP contribution in [0.4, 0.5) is 11.4 Å². The van der Waals surface area contributed by atoms with E-state index in [0.717, 1.165) is 0 Å². The zero-order valence-electron chi connectivity index (χ0n) is 12.7. The Labute approximate surface area is 141 Å². The fraction of sp³-hybridized carbons (Fsp3) is 0.176. The van der Waals surface area contributed by atoms with Crippen LogP contribution >= 0.6 is 12.4 Å². The van der Waals surface area contributed by atoms with Crippen molar-refractivity contribution >= 4 is 35.7 Å². The fourth-order valence-electron chi connectivity index (χ4n) is 1.92. The van der Waals surface area contributed by atoms with Gasteiger partial charge < -0.3 is 15.8 Å². The number of nitrogens with two attached hydrogens (primary N) is 1. The number of benzene rings is 2. The summed E-state index contributed by atoms with van der Waals surface area (Å²) in [6.07, 6.45) is 0.994. The number of rotatable bonds is 5. The summed E-state index contributed by atoms with van der Waals surface area (Å²) in [5, 5.41) is 2.70. The summed E-state index contributed by atoms with van der Waals surface area (Å²) in [5.41, 5.74) is 7.03. The largest absolute Gasteiger partial charge is 0.424 e. The second-order valence-electron chi connectivity index (χ2n) is 4.76. The first kappa shape index (κ1) is 18.5. The quantitative estimate of drug-likeness (QED) is 0.497. The van der Waals surface area contributed by atoms with Gasteiger partial charge in [-0.15, -0.1) is 12.4 Å². The van der Waals surface area contributed by atoms with Gasteiger partial charge in [-0.2, -0.15) is 0 Å². The number of anilines is 2. The van der Waals surface area contributed by atoms with Gasteiger partial charge in [0.15, 0.2) is 5.75 Å². The lowest BCUT2D eigenvalue weighted by molar-refractivity contribution is -0.134. The molecule has 122 valence electrons. The molecule has 23 heavy (non-hydrogen) atoms. The van der Waals surface area contributed by atoms with E-state index in [0.29, 0.717) is 29.8 Å². The molecule has 0 saturated carbocycles. The van der Waals surface area contributed by atoms with Crippen LogP contribution in [0.3, 0.4) is 0 Å². The van der Waals surface area contributed by atoms with Crippen LogP contribution in [0.25, 0.3) is 0 Å². The van der Waals surface area contributed by atoms with Crippen molar-refractivity contribution in [2.24, 2.45) is 0 Å². The number of hydrogen-bond acceptors (Lipinski definition) is 4. The molecule has 0 unspecified atom stereocenters. The molecule has 2 aromatic carbocycles. The molecule has 0 aliphatic carbocycles. The molecule has 0 aliphatic heterocycles. The van der Waals surface area contributed by atoms with Crippen molar-refractivity contribution in [3.63, 3.8) is 0 Å². The van der Waals surface area contributed by atoms with E-state index in [1.807, 2.05) is 13.0 Å². The van der Waals surface area contributed by atoms with Crippen molar-refractivity contribution in [3.05, 3.63) is 54.1 Å². The minimum Gasteiger partial charge on any atom is -0.424 e. The van der Waals surface area contributed by atoms with Crippen LogP contribution in [-0.4, -0.2) is 11.9 Å². The van der Waals surface area contributed by atoms with Gasteiger partial charge in [0.1, 0.15) is 5.69 Å². The third-order valence-corrected chi connectivity index (χ3v) is 3.01. The molecule has 0 spiro atoms. The number of ether oxygens (including phenoxy) is 1. The van der Waals surface area contributed by atoms with E-state index in [1.165, 1.54) is 0 Å². The first-order chi connectivity index (χ1) is 10.6. The summed E-state index contributed by atoms with van der Waals surface area (Å²) < 4.78 is 5.27. The maximum Gasteiger partial charge on any atom is 0.311 e. The Balaban J connectivity index is 0.00000264. The molecule has 0 aliphatic rings. The molecule has 1 amide bonds. The van der Waals surface area contributed by atoms with Crippen LogP contribution in [-0.2, 0) is 4.79 Å². The average molecular weight is 335 g/mol. The molecule has 0 radical (unpaired) electrons. The molecular formula is C17H19ClN2O3. The van der Waals surface area contributed by atoms with Gasteiger partial charge in [-0.3, -0.25) is 9.59 Å². The SMILES string of the molecule is CCCC(=O)Oc1cccc(N)c1NC(=O)c1ccccc1.Cl. The lowest BCUT2D eigenvalue weighted by atomic mass is 10.2. The van der Waals surface area contributed by atoms with E-state index < -0.39 is 0 Å². The second-order valence-corrected chi connectivity index (χ2v) is 4.76. The molecule has 0 bridgehead atoms. The van der Waals surface area contributed by atoms with Crippen LogP contribution in [0.1, 0.15) is 30.1 Å². The highest BCUT2D eigenvalue weighted by Crippen LogP contribution is 2.31. The number of carbonyl (C=O) groups excluding carboxylic acids is 2. The Morgan fingerprint density at radius 1 is 1.09 bits per heavy atom. The standard InChI is InChI=1S/C17H18N2O3.ClH/c1-2-7-15(20)22-14-11-6-10-13(18)16(14)19-17(21)12-8-4-3-5-9-12;/h3-6,8-11H,2,7,18H2,1H3,(H,19,21);1H. The molecular weight excluding hydrogens is 316 g/mol. The highest BCUT2D eigenvalue weighted by molar-refractivity contribution is 6.07. The Morgan fingerprint density at radius 3 is 2.43 bits per heavy atom. The number of carbonyl (C=O) groups is 2. The van der Waals surface area contributed by atoms with E-state index in [2.05, 4.69) is 5.32 Å². The smallest absolute Gasteiger partial charge is 0.311 e. The molecule has 3 N–H and O–H groups in total. The Bertz CT molecular complexity index is 675. The lowest BCUT2D eigenvalue weighted by Gasteiger charge is -2.13. The van der Waals surface area contributed by atoms with Crippen LogP contribution in [0.2, 0.25) is 0 Å². The van der Waals surface area contributed by atoms with E-state index in [-0.39, 0.29) is 30.0 Å². The van der Waals surface area contributed by atoms with Crippen molar-refractivity contribution in [2.75, 3.05) is 11.1 Å². The van der Waals surface area contributed by atoms with E-state index in [1.54, 1.807) is 42.5 Å². The zero-order chi connectivity index (χ0) is 15.9. The minimum atomic E-state index is -0.358. The Morgan fingerprint density at radius 2 is 1.78 bits per heavy atom. The summed E-state index contributed by atoms with van der Waals surface area (Å²) in [4.78, 5) is 23.9. The first-order valence-electron chi connectivity index (χ1n) is 7.07. The summed E-state index contributed by atoms with van der Waals surface area (Å²) >= 11 is 0. The first-order valence-corrected chi connectivity index (χ1v) is 7.07. The molecule has 0 saturated heterocycles. The normalized spacial score (nSPS) is 9.61. The average Bonchev–Trinajstić information content (AvgIpc) is 2.51. The number of halogens is 1. The van der Waals surface area contributed by atoms with Crippen molar-refractivity contribution in [3.8, 4) is 5.75 Å². The van der Waals surface area contributed by atoms with Gasteiger partial charge in [0.05, 0.1) is 5.69 Å². The third-order valence-electron chi connectivity index (χ3n) is 3.01. The van der Waals surface area contributed by atoms with Gasteiger partial charge >= 0.3 is 5.97 Å². The fourth-order valence-corrected chi connectivity index (χ4v) is 1.92. The van der Waals surface area contributed by atoms with Crippen LogP contribution in [0.5, 0.6) is 5.75 Å². The topological polar surface area (TPSA) is 81.4 Å². The van der Waals surface area contributed by atoms with Crippen LogP contribution < -0.4 is 15.8 Å². The van der Waals surface area contributed by atoms with Gasteiger partial charge in [0.25, 0.3) is 5.91 Å². The summed E-state index contributed by atoms with van der Waals surface area (Å²) in [6, 6.07) is 13.7. The molecule has 2 rings (SSSR count). The van der Waals surface area contributed by atoms with E-state index in [4.69, 9.17) is 10.5 Å². The monoisotopic (exact) mass is 334 g/mol. The van der Waals surface area contributed by atoms with Gasteiger partial charge in [-0.1, -0.05) is 31.2 Å². The van der Waals surface area contributed by atoms with Crippen molar-refractivity contribution in [1.82, 2.24) is 0 Å². The summed E-state index contributed by atoms with van der Waals surface area (Å²) in [6.45, 7) is 1.89. The van der Waals surface area contributed by atoms with Gasteiger partial charge in [0.2, 0.25) is 0 Å². The predicted molar refractivity (Wildman–Crippen MR) is 93.0 cm³/mol. The van der Waals surface area contributed by atoms with Gasteiger partial charge in [-0.25, -0.2) is 0 Å². The second kappa shape index (κ2) is 8.80. The number of amides is 1. The molecule has 0 atom stereocenters. The summed E-state index contributed by atoms with van der Waals surface area (Å²) in [5.74, 6) is -0.419. The van der Waals surface area contributed by atoms with Crippen LogP contribution in [0, 0.1) is 0 Å². The van der Waals surface area contributed by atoms with Gasteiger partial charge in [0, 0.05) is 12.0 Å². The molecule has 0 fully saturated rings. The lowest BCUT2D eigenvalue weighted by Crippen LogP contribution is -2.15. The van der Waals surface area contributed by atoms with Crippen molar-refractivity contribution in [1.29, 1.82) is 0 Å². The Kier molecular flexibility index (Phi) is 7.09.